The van der Waals surface area contributed by atoms with E-state index in [9.17, 15) is 0 Å². The van der Waals surface area contributed by atoms with E-state index in [4.69, 9.17) is 0 Å². The molecule has 0 heteroatoms. The van der Waals surface area contributed by atoms with Crippen molar-refractivity contribution in [2.75, 3.05) is 0 Å². The number of hydrogen-bond acceptors (Lipinski definition) is 0. The molecule has 0 aliphatic heterocycles. The van der Waals surface area contributed by atoms with Crippen molar-refractivity contribution in [2.45, 2.75) is 27.7 Å². The fraction of sp³-hybridized carbons (Fsp3) is 0.0741. The normalized spacial score (nSPS) is 11.7. The Morgan fingerprint density at radius 1 is 0.241 bits per heavy atom. The predicted octanol–water partition coefficient (Wildman–Crippen LogP) is 15.2. The van der Waals surface area contributed by atoms with E-state index in [1.54, 1.807) is 0 Å². The highest BCUT2D eigenvalue weighted by Gasteiger charge is 2.31. The van der Waals surface area contributed by atoms with Crippen LogP contribution in [0.2, 0.25) is 0 Å². The first-order valence-electron chi connectivity index (χ1n) is 19.0. The molecule has 0 heterocycles. The van der Waals surface area contributed by atoms with Gasteiger partial charge in [0.2, 0.25) is 0 Å². The minimum Gasteiger partial charge on any atom is -0.0622 e. The van der Waals surface area contributed by atoms with Gasteiger partial charge in [-0.2, -0.15) is 0 Å². The van der Waals surface area contributed by atoms with Crippen molar-refractivity contribution in [3.8, 4) is 77.9 Å². The minimum atomic E-state index is 1.22. The van der Waals surface area contributed by atoms with Crippen molar-refractivity contribution in [1.82, 2.24) is 0 Å². The Morgan fingerprint density at radius 3 is 1.15 bits per heavy atom. The molecule has 9 aromatic rings. The van der Waals surface area contributed by atoms with Crippen molar-refractivity contribution >= 4 is 21.5 Å². The van der Waals surface area contributed by atoms with E-state index in [0.29, 0.717) is 0 Å². The Morgan fingerprint density at radius 2 is 0.648 bits per heavy atom. The topological polar surface area (TPSA) is 0 Å². The maximum atomic E-state index is 2.41. The van der Waals surface area contributed by atoms with Gasteiger partial charge in [-0.05, 0) is 145 Å². The van der Waals surface area contributed by atoms with E-state index in [2.05, 4.69) is 198 Å². The van der Waals surface area contributed by atoms with Gasteiger partial charge in [-0.3, -0.25) is 0 Å². The average Bonchev–Trinajstić information content (AvgIpc) is 3.51. The molecule has 0 nitrogen and oxygen atoms in total. The number of rotatable bonds is 5. The molecule has 10 rings (SSSR count). The van der Waals surface area contributed by atoms with Gasteiger partial charge in [0.1, 0.15) is 0 Å². The summed E-state index contributed by atoms with van der Waals surface area (Å²) < 4.78 is 0. The third-order valence-corrected chi connectivity index (χ3v) is 11.3. The van der Waals surface area contributed by atoms with Crippen molar-refractivity contribution in [2.24, 2.45) is 0 Å². The van der Waals surface area contributed by atoms with Gasteiger partial charge in [-0.25, -0.2) is 0 Å². The third-order valence-electron chi connectivity index (χ3n) is 11.3. The predicted molar refractivity (Wildman–Crippen MR) is 232 cm³/mol. The van der Waals surface area contributed by atoms with E-state index in [1.807, 2.05) is 0 Å². The maximum Gasteiger partial charge on any atom is -0.000741 e. The van der Waals surface area contributed by atoms with Gasteiger partial charge in [-0.1, -0.05) is 174 Å². The lowest BCUT2D eigenvalue weighted by atomic mass is 9.81. The first-order chi connectivity index (χ1) is 26.4. The van der Waals surface area contributed by atoms with Crippen molar-refractivity contribution < 1.29 is 0 Å². The number of hydrogen-bond donors (Lipinski definition) is 0. The molecular formula is C54H40. The summed E-state index contributed by atoms with van der Waals surface area (Å²) in [6.45, 7) is 8.88. The molecule has 0 saturated carbocycles. The molecule has 0 saturated heterocycles. The Labute approximate surface area is 318 Å². The van der Waals surface area contributed by atoms with Crippen LogP contribution in [-0.2, 0) is 0 Å². The van der Waals surface area contributed by atoms with Gasteiger partial charge >= 0.3 is 0 Å². The number of aryl methyl sites for hydroxylation is 4. The molecule has 1 aliphatic carbocycles. The summed E-state index contributed by atoms with van der Waals surface area (Å²) >= 11 is 0. The largest absolute Gasteiger partial charge is 0.0622 e. The summed E-state index contributed by atoms with van der Waals surface area (Å²) in [6.07, 6.45) is 0. The van der Waals surface area contributed by atoms with Gasteiger partial charge in [0.25, 0.3) is 0 Å². The molecular weight excluding hydrogens is 649 g/mol. The molecule has 54 heavy (non-hydrogen) atoms. The maximum absolute atomic E-state index is 2.41. The van der Waals surface area contributed by atoms with Gasteiger partial charge in [0.15, 0.2) is 0 Å². The lowest BCUT2D eigenvalue weighted by Gasteiger charge is -2.21. The molecule has 256 valence electrons. The molecule has 0 unspecified atom stereocenters. The molecule has 0 atom stereocenters. The van der Waals surface area contributed by atoms with E-state index >= 15 is 0 Å². The van der Waals surface area contributed by atoms with Crippen LogP contribution in [0.3, 0.4) is 0 Å². The Hall–Kier alpha value is -6.50. The van der Waals surface area contributed by atoms with E-state index < -0.39 is 0 Å². The van der Waals surface area contributed by atoms with Crippen LogP contribution >= 0.6 is 0 Å². The number of fused-ring (bicyclic) bond motifs is 4. The Bertz CT molecular complexity index is 2740. The average molecular weight is 689 g/mol. The van der Waals surface area contributed by atoms with E-state index in [0.717, 1.165) is 0 Å². The molecule has 1 aliphatic rings. The monoisotopic (exact) mass is 688 g/mol. The summed E-state index contributed by atoms with van der Waals surface area (Å²) in [5.74, 6) is 0. The smallest absolute Gasteiger partial charge is 0.000741 e. The third kappa shape index (κ3) is 5.21. The van der Waals surface area contributed by atoms with Crippen LogP contribution in [0.4, 0.5) is 0 Å². The van der Waals surface area contributed by atoms with Crippen LogP contribution in [0.1, 0.15) is 22.3 Å². The first-order valence-corrected chi connectivity index (χ1v) is 19.0. The second-order valence-electron chi connectivity index (χ2n) is 15.2. The lowest BCUT2D eigenvalue weighted by molar-refractivity contribution is 1.38. The van der Waals surface area contributed by atoms with Gasteiger partial charge in [0.05, 0.1) is 0 Å². The minimum absolute atomic E-state index is 1.22. The van der Waals surface area contributed by atoms with Crippen LogP contribution in [0.15, 0.2) is 170 Å². The fourth-order valence-corrected chi connectivity index (χ4v) is 9.27. The summed E-state index contributed by atoms with van der Waals surface area (Å²) in [7, 11) is 0. The van der Waals surface area contributed by atoms with Crippen molar-refractivity contribution in [3.63, 3.8) is 0 Å². The zero-order chi connectivity index (χ0) is 36.5. The van der Waals surface area contributed by atoms with Crippen LogP contribution in [0.25, 0.3) is 99.4 Å². The van der Waals surface area contributed by atoms with Crippen molar-refractivity contribution in [1.29, 1.82) is 0 Å². The summed E-state index contributed by atoms with van der Waals surface area (Å²) in [4.78, 5) is 0. The molecule has 0 N–H and O–H groups in total. The van der Waals surface area contributed by atoms with Gasteiger partial charge < -0.3 is 0 Å². The second kappa shape index (κ2) is 12.6. The molecule has 0 amide bonds. The lowest BCUT2D eigenvalue weighted by Crippen LogP contribution is -1.95. The molecule has 0 bridgehead atoms. The number of benzene rings is 9. The Balaban J connectivity index is 1.32. The van der Waals surface area contributed by atoms with Gasteiger partial charge in [0, 0.05) is 0 Å². The highest BCUT2D eigenvalue weighted by molar-refractivity contribution is 6.28. The molecule has 9 aromatic carbocycles. The summed E-state index contributed by atoms with van der Waals surface area (Å²) in [5.41, 5.74) is 23.0. The van der Waals surface area contributed by atoms with Crippen LogP contribution in [0, 0.1) is 27.7 Å². The fourth-order valence-electron chi connectivity index (χ4n) is 9.27. The molecule has 0 radical (unpaired) electrons. The standard InChI is InChI=1S/C54H40/c1-33-24-34(2)27-42(26-33)50-46-18-11-12-19-47(46)51(43-28-35(3)25-36(4)29-43)54-49-23-22-44(45-20-13-21-48(52(45)49)53(50)54)41-31-39(37-14-7-5-8-15-37)30-40(32-41)38-16-9-6-10-17-38/h5-32H,1-4H3. The highest BCUT2D eigenvalue weighted by Crippen LogP contribution is 2.58. The zero-order valence-corrected chi connectivity index (χ0v) is 31.2. The zero-order valence-electron chi connectivity index (χ0n) is 31.2. The van der Waals surface area contributed by atoms with E-state index in [-0.39, 0.29) is 0 Å². The van der Waals surface area contributed by atoms with Gasteiger partial charge in [-0.15, -0.1) is 0 Å². The van der Waals surface area contributed by atoms with Crippen LogP contribution < -0.4 is 0 Å². The molecule has 0 spiro atoms. The first kappa shape index (κ1) is 32.2. The summed E-state index contributed by atoms with van der Waals surface area (Å²) in [5, 5.41) is 5.21. The molecule has 0 fully saturated rings. The quantitative estimate of drug-likeness (QED) is 0.169. The van der Waals surface area contributed by atoms with E-state index in [1.165, 1.54) is 122 Å². The second-order valence-corrected chi connectivity index (χ2v) is 15.2. The van der Waals surface area contributed by atoms with Crippen molar-refractivity contribution in [3.05, 3.63) is 192 Å². The Kier molecular flexibility index (Phi) is 7.49. The molecule has 0 aromatic heterocycles. The summed E-state index contributed by atoms with van der Waals surface area (Å²) in [6, 6.07) is 63.6. The van der Waals surface area contributed by atoms with Crippen LogP contribution in [0.5, 0.6) is 0 Å². The highest BCUT2D eigenvalue weighted by atomic mass is 14.3. The van der Waals surface area contributed by atoms with Crippen LogP contribution in [-0.4, -0.2) is 0 Å². The SMILES string of the molecule is Cc1cc(C)cc(-c2c3c(c(-c4cc(C)cc(C)c4)c4ccccc24)-c2ccc(-c4cc(-c5ccccc5)cc(-c5ccccc5)c4)c4cccc-3c24)c1.